The number of aryl methyl sites for hydroxylation is 1. The maximum atomic E-state index is 12.6. The monoisotopic (exact) mass is 379 g/mol. The van der Waals surface area contributed by atoms with Gasteiger partial charge >= 0.3 is 6.03 Å². The molecular formula is C23H29N3O2. The Bertz CT molecular complexity index is 764. The van der Waals surface area contributed by atoms with Crippen LogP contribution in [0.5, 0.6) is 0 Å². The minimum absolute atomic E-state index is 0.0131. The summed E-state index contributed by atoms with van der Waals surface area (Å²) in [7, 11) is 0. The molecule has 1 heterocycles. The molecule has 1 aliphatic rings. The number of nitrogens with zero attached hydrogens (tertiary/aromatic N) is 1. The fourth-order valence-corrected chi connectivity index (χ4v) is 3.54. The Morgan fingerprint density at radius 2 is 1.75 bits per heavy atom. The van der Waals surface area contributed by atoms with E-state index in [1.165, 1.54) is 5.56 Å². The lowest BCUT2D eigenvalue weighted by Crippen LogP contribution is -2.49. The third kappa shape index (κ3) is 5.84. The number of nitrogens with one attached hydrogen (secondary N) is 2. The van der Waals surface area contributed by atoms with Crippen molar-refractivity contribution in [3.63, 3.8) is 0 Å². The predicted octanol–water partition coefficient (Wildman–Crippen LogP) is 4.07. The van der Waals surface area contributed by atoms with Crippen molar-refractivity contribution in [2.45, 2.75) is 38.6 Å². The zero-order chi connectivity index (χ0) is 19.8. The summed E-state index contributed by atoms with van der Waals surface area (Å²) >= 11 is 0. The van der Waals surface area contributed by atoms with Crippen LogP contribution in [0.15, 0.2) is 60.7 Å². The molecule has 5 heteroatoms. The summed E-state index contributed by atoms with van der Waals surface area (Å²) in [6.45, 7) is 3.20. The smallest absolute Gasteiger partial charge is 0.317 e. The Balaban J connectivity index is 1.46. The molecular weight excluding hydrogens is 350 g/mol. The van der Waals surface area contributed by atoms with E-state index in [1.54, 1.807) is 4.90 Å². The van der Waals surface area contributed by atoms with Gasteiger partial charge in [-0.15, -0.1) is 0 Å². The average molecular weight is 380 g/mol. The van der Waals surface area contributed by atoms with Gasteiger partial charge < -0.3 is 15.5 Å². The van der Waals surface area contributed by atoms with Crippen molar-refractivity contribution in [2.75, 3.05) is 18.4 Å². The maximum Gasteiger partial charge on any atom is 0.317 e. The summed E-state index contributed by atoms with van der Waals surface area (Å²) in [5, 5.41) is 6.04. The quantitative estimate of drug-likeness (QED) is 0.795. The summed E-state index contributed by atoms with van der Waals surface area (Å²) < 4.78 is 0. The summed E-state index contributed by atoms with van der Waals surface area (Å²) in [6.07, 6.45) is 3.48. The largest absolute Gasteiger partial charge is 0.336 e. The molecule has 1 saturated heterocycles. The molecule has 0 spiro atoms. The molecule has 1 fully saturated rings. The average Bonchev–Trinajstić information content (AvgIpc) is 2.74. The van der Waals surface area contributed by atoms with Gasteiger partial charge in [-0.3, -0.25) is 4.79 Å². The zero-order valence-electron chi connectivity index (χ0n) is 16.4. The second kappa shape index (κ2) is 9.93. The van der Waals surface area contributed by atoms with E-state index < -0.39 is 0 Å². The van der Waals surface area contributed by atoms with E-state index in [4.69, 9.17) is 0 Å². The number of carbonyl (C=O) groups is 2. The molecule has 0 bridgehead atoms. The second-order valence-electron chi connectivity index (χ2n) is 7.52. The van der Waals surface area contributed by atoms with Gasteiger partial charge in [0.15, 0.2) is 0 Å². The van der Waals surface area contributed by atoms with Crippen molar-refractivity contribution in [3.05, 3.63) is 66.2 Å². The van der Waals surface area contributed by atoms with E-state index in [-0.39, 0.29) is 23.9 Å². The molecule has 2 atom stereocenters. The third-order valence-electron chi connectivity index (χ3n) is 5.20. The van der Waals surface area contributed by atoms with E-state index in [9.17, 15) is 9.59 Å². The Hall–Kier alpha value is -2.82. The van der Waals surface area contributed by atoms with E-state index in [0.717, 1.165) is 31.4 Å². The van der Waals surface area contributed by atoms with Gasteiger partial charge in [-0.25, -0.2) is 4.79 Å². The summed E-state index contributed by atoms with van der Waals surface area (Å²) in [4.78, 5) is 27.0. The minimum Gasteiger partial charge on any atom is -0.336 e. The van der Waals surface area contributed by atoms with E-state index in [1.807, 2.05) is 55.5 Å². The standard InChI is InChI=1S/C23H29N3O2/c1-18(14-15-19-9-4-2-5-10-19)24-23(28)26-16-8-11-20(17-26)22(27)25-21-12-6-3-7-13-21/h2-7,9-10,12-13,18,20H,8,11,14-17H2,1H3,(H,24,28)(H,25,27). The number of piperidine rings is 1. The van der Waals surface area contributed by atoms with Gasteiger partial charge in [0.2, 0.25) is 5.91 Å². The van der Waals surface area contributed by atoms with Gasteiger partial charge in [-0.05, 0) is 50.3 Å². The zero-order valence-corrected chi connectivity index (χ0v) is 16.4. The fourth-order valence-electron chi connectivity index (χ4n) is 3.54. The molecule has 3 rings (SSSR count). The molecule has 148 valence electrons. The van der Waals surface area contributed by atoms with Crippen molar-refractivity contribution >= 4 is 17.6 Å². The van der Waals surface area contributed by atoms with Gasteiger partial charge in [0.05, 0.1) is 5.92 Å². The Labute approximate surface area is 167 Å². The summed E-state index contributed by atoms with van der Waals surface area (Å²) in [5.74, 6) is -0.180. The van der Waals surface area contributed by atoms with Crippen molar-refractivity contribution < 1.29 is 9.59 Å². The SMILES string of the molecule is CC(CCc1ccccc1)NC(=O)N1CCCC(C(=O)Nc2ccccc2)C1. The molecule has 0 saturated carbocycles. The van der Waals surface area contributed by atoms with Crippen LogP contribution in [0.4, 0.5) is 10.5 Å². The minimum atomic E-state index is -0.167. The van der Waals surface area contributed by atoms with Gasteiger partial charge in [0.25, 0.3) is 0 Å². The molecule has 2 aromatic rings. The Kier molecular flexibility index (Phi) is 7.06. The number of hydrogen-bond donors (Lipinski definition) is 2. The van der Waals surface area contributed by atoms with Crippen LogP contribution in [0, 0.1) is 5.92 Å². The third-order valence-corrected chi connectivity index (χ3v) is 5.20. The molecule has 0 aliphatic carbocycles. The van der Waals surface area contributed by atoms with Gasteiger partial charge in [-0.2, -0.15) is 0 Å². The number of likely N-dealkylation sites (tertiary alicyclic amines) is 1. The van der Waals surface area contributed by atoms with Crippen LogP contribution in [0.1, 0.15) is 31.7 Å². The molecule has 3 amide bonds. The lowest BCUT2D eigenvalue weighted by atomic mass is 9.97. The lowest BCUT2D eigenvalue weighted by molar-refractivity contribution is -0.121. The van der Waals surface area contributed by atoms with Crippen molar-refractivity contribution in [3.8, 4) is 0 Å². The van der Waals surface area contributed by atoms with Crippen LogP contribution in [-0.4, -0.2) is 36.0 Å². The summed E-state index contributed by atoms with van der Waals surface area (Å²) in [5.41, 5.74) is 2.07. The Morgan fingerprint density at radius 3 is 2.46 bits per heavy atom. The molecule has 2 unspecified atom stereocenters. The van der Waals surface area contributed by atoms with Crippen LogP contribution >= 0.6 is 0 Å². The topological polar surface area (TPSA) is 61.4 Å². The highest BCUT2D eigenvalue weighted by atomic mass is 16.2. The highest BCUT2D eigenvalue weighted by Gasteiger charge is 2.28. The summed E-state index contributed by atoms with van der Waals surface area (Å²) in [6, 6.07) is 19.8. The molecule has 1 aliphatic heterocycles. The highest BCUT2D eigenvalue weighted by molar-refractivity contribution is 5.93. The number of rotatable bonds is 6. The first-order valence-electron chi connectivity index (χ1n) is 10.1. The number of hydrogen-bond acceptors (Lipinski definition) is 2. The number of para-hydroxylation sites is 1. The molecule has 2 aromatic carbocycles. The van der Waals surface area contributed by atoms with Crippen LogP contribution in [0.2, 0.25) is 0 Å². The number of benzene rings is 2. The predicted molar refractivity (Wildman–Crippen MR) is 112 cm³/mol. The van der Waals surface area contributed by atoms with E-state index >= 15 is 0 Å². The first-order chi connectivity index (χ1) is 13.6. The first-order valence-corrected chi connectivity index (χ1v) is 10.1. The van der Waals surface area contributed by atoms with Crippen LogP contribution in [0.3, 0.4) is 0 Å². The normalized spacial score (nSPS) is 17.6. The van der Waals surface area contributed by atoms with Crippen LogP contribution in [0.25, 0.3) is 0 Å². The Morgan fingerprint density at radius 1 is 1.07 bits per heavy atom. The second-order valence-corrected chi connectivity index (χ2v) is 7.52. The number of carbonyl (C=O) groups excluding carboxylic acids is 2. The first kappa shape index (κ1) is 19.9. The van der Waals surface area contributed by atoms with Crippen LogP contribution in [-0.2, 0) is 11.2 Å². The van der Waals surface area contributed by atoms with Crippen molar-refractivity contribution in [1.29, 1.82) is 0 Å². The fraction of sp³-hybridized carbons (Fsp3) is 0.391. The van der Waals surface area contributed by atoms with Gasteiger partial charge in [0.1, 0.15) is 0 Å². The number of urea groups is 1. The molecule has 5 nitrogen and oxygen atoms in total. The molecule has 0 radical (unpaired) electrons. The molecule has 2 N–H and O–H groups in total. The molecule has 28 heavy (non-hydrogen) atoms. The van der Waals surface area contributed by atoms with Crippen molar-refractivity contribution in [1.82, 2.24) is 10.2 Å². The van der Waals surface area contributed by atoms with Crippen LogP contribution < -0.4 is 10.6 Å². The number of anilines is 1. The van der Waals surface area contributed by atoms with Gasteiger partial charge in [0, 0.05) is 24.8 Å². The van der Waals surface area contributed by atoms with Crippen molar-refractivity contribution in [2.24, 2.45) is 5.92 Å². The lowest BCUT2D eigenvalue weighted by Gasteiger charge is -2.33. The maximum absolute atomic E-state index is 12.6. The molecule has 0 aromatic heterocycles. The van der Waals surface area contributed by atoms with Gasteiger partial charge in [-0.1, -0.05) is 48.5 Å². The van der Waals surface area contributed by atoms with E-state index in [2.05, 4.69) is 22.8 Å². The van der Waals surface area contributed by atoms with E-state index in [0.29, 0.717) is 13.1 Å². The highest BCUT2D eigenvalue weighted by Crippen LogP contribution is 2.19. The number of amides is 3.